The van der Waals surface area contributed by atoms with Crippen molar-refractivity contribution in [1.29, 1.82) is 0 Å². The maximum absolute atomic E-state index is 5.68. The molecule has 1 aliphatic rings. The molecule has 1 saturated heterocycles. The highest BCUT2D eigenvalue weighted by Gasteiger charge is 2.24. The van der Waals surface area contributed by atoms with Gasteiger partial charge >= 0.3 is 0 Å². The second-order valence-corrected chi connectivity index (χ2v) is 6.49. The summed E-state index contributed by atoms with van der Waals surface area (Å²) < 4.78 is 5.68. The minimum Gasteiger partial charge on any atom is -0.466 e. The number of fused-ring (bicyclic) bond motifs is 1. The van der Waals surface area contributed by atoms with Crippen molar-refractivity contribution >= 4 is 16.9 Å². The summed E-state index contributed by atoms with van der Waals surface area (Å²) >= 11 is 0. The summed E-state index contributed by atoms with van der Waals surface area (Å²) in [4.78, 5) is 14.1. The second-order valence-electron chi connectivity index (χ2n) is 6.49. The van der Waals surface area contributed by atoms with Gasteiger partial charge < -0.3 is 9.40 Å². The van der Waals surface area contributed by atoms with E-state index in [9.17, 15) is 0 Å². The van der Waals surface area contributed by atoms with Crippen molar-refractivity contribution in [3.8, 4) is 11.3 Å². The van der Waals surface area contributed by atoms with Crippen molar-refractivity contribution in [2.45, 2.75) is 40.0 Å². The summed E-state index contributed by atoms with van der Waals surface area (Å²) in [5.74, 6) is 3.98. The standard InChI is InChI=1S/C18H22N4O/c1-11-9-14(12(2)23-11)15-10-16-17(21-15)18(20-13(3)19-16)22-7-5-4-6-8-22/h9-10,21H,4-8H2,1-3H3/p+1. The fourth-order valence-corrected chi connectivity index (χ4v) is 3.55. The van der Waals surface area contributed by atoms with Crippen molar-refractivity contribution in [2.75, 3.05) is 18.0 Å². The number of H-pyrrole nitrogens is 2. The molecule has 0 spiro atoms. The number of aromatic nitrogens is 3. The Morgan fingerprint density at radius 3 is 2.61 bits per heavy atom. The largest absolute Gasteiger partial charge is 0.466 e. The number of aromatic amines is 2. The SMILES string of the molecule is Cc1nc2cc(-c3cc(C)oc3C)[nH]c2c(N2CCCCC2)[nH+]1. The molecule has 120 valence electrons. The first-order chi connectivity index (χ1) is 11.1. The molecule has 0 aromatic carbocycles. The Bertz CT molecular complexity index is 855. The fraction of sp³-hybridized carbons (Fsp3) is 0.444. The molecule has 0 amide bonds. The first-order valence-corrected chi connectivity index (χ1v) is 8.37. The molecular formula is C18H23N4O+. The van der Waals surface area contributed by atoms with E-state index in [2.05, 4.69) is 32.0 Å². The van der Waals surface area contributed by atoms with Crippen LogP contribution in [0.4, 0.5) is 5.82 Å². The number of anilines is 1. The van der Waals surface area contributed by atoms with Crippen LogP contribution in [-0.4, -0.2) is 23.1 Å². The van der Waals surface area contributed by atoms with Gasteiger partial charge in [-0.25, -0.2) is 4.98 Å². The Hall–Kier alpha value is -2.30. The minimum absolute atomic E-state index is 0.933. The molecular weight excluding hydrogens is 288 g/mol. The lowest BCUT2D eigenvalue weighted by atomic mass is 10.1. The minimum atomic E-state index is 0.933. The predicted octanol–water partition coefficient (Wildman–Crippen LogP) is 3.55. The Morgan fingerprint density at radius 2 is 1.91 bits per heavy atom. The summed E-state index contributed by atoms with van der Waals surface area (Å²) in [5, 5.41) is 0. The van der Waals surface area contributed by atoms with Crippen molar-refractivity contribution in [3.63, 3.8) is 0 Å². The molecule has 0 aliphatic carbocycles. The lowest BCUT2D eigenvalue weighted by molar-refractivity contribution is -0.377. The molecule has 0 unspecified atom stereocenters. The summed E-state index contributed by atoms with van der Waals surface area (Å²) in [7, 11) is 0. The average Bonchev–Trinajstić information content (AvgIpc) is 3.09. The third kappa shape index (κ3) is 2.50. The van der Waals surface area contributed by atoms with Crippen LogP contribution in [0.5, 0.6) is 0 Å². The zero-order chi connectivity index (χ0) is 16.0. The number of nitrogens with one attached hydrogen (secondary N) is 2. The van der Waals surface area contributed by atoms with Crippen LogP contribution in [0.15, 0.2) is 16.5 Å². The number of furan rings is 1. The molecule has 4 heterocycles. The number of hydrogen-bond donors (Lipinski definition) is 1. The average molecular weight is 311 g/mol. The van der Waals surface area contributed by atoms with Gasteiger partial charge in [0.25, 0.3) is 0 Å². The Kier molecular flexibility index (Phi) is 3.36. The van der Waals surface area contributed by atoms with Crippen molar-refractivity contribution in [2.24, 2.45) is 0 Å². The van der Waals surface area contributed by atoms with Gasteiger partial charge in [0.15, 0.2) is 11.0 Å². The zero-order valence-electron chi connectivity index (χ0n) is 14.0. The van der Waals surface area contributed by atoms with Gasteiger partial charge in [0, 0.05) is 18.6 Å². The highest BCUT2D eigenvalue weighted by molar-refractivity contribution is 5.89. The summed E-state index contributed by atoms with van der Waals surface area (Å²) in [6.45, 7) is 8.21. The van der Waals surface area contributed by atoms with Crippen LogP contribution < -0.4 is 9.88 Å². The van der Waals surface area contributed by atoms with Crippen LogP contribution in [-0.2, 0) is 0 Å². The van der Waals surface area contributed by atoms with E-state index in [1.165, 1.54) is 19.3 Å². The number of nitrogens with zero attached hydrogens (tertiary/aromatic N) is 2. The molecule has 1 fully saturated rings. The lowest BCUT2D eigenvalue weighted by Gasteiger charge is -2.23. The van der Waals surface area contributed by atoms with E-state index in [0.29, 0.717) is 0 Å². The molecule has 0 bridgehead atoms. The van der Waals surface area contributed by atoms with E-state index in [1.807, 2.05) is 20.8 Å². The Labute approximate surface area is 135 Å². The van der Waals surface area contributed by atoms with Crippen LogP contribution >= 0.6 is 0 Å². The third-order valence-corrected chi connectivity index (χ3v) is 4.62. The van der Waals surface area contributed by atoms with Crippen LogP contribution in [0.25, 0.3) is 22.3 Å². The van der Waals surface area contributed by atoms with Crippen molar-refractivity contribution in [3.05, 3.63) is 29.5 Å². The fourth-order valence-electron chi connectivity index (χ4n) is 3.55. The molecule has 0 saturated carbocycles. The van der Waals surface area contributed by atoms with Crippen LogP contribution in [0, 0.1) is 20.8 Å². The van der Waals surface area contributed by atoms with Gasteiger partial charge in [-0.1, -0.05) is 0 Å². The molecule has 23 heavy (non-hydrogen) atoms. The molecule has 0 atom stereocenters. The number of piperidine rings is 1. The number of hydrogen-bond acceptors (Lipinski definition) is 3. The molecule has 3 aromatic rings. The van der Waals surface area contributed by atoms with E-state index in [4.69, 9.17) is 4.42 Å². The number of rotatable bonds is 2. The Balaban J connectivity index is 1.86. The lowest BCUT2D eigenvalue weighted by Crippen LogP contribution is -2.35. The molecule has 2 N–H and O–H groups in total. The molecule has 5 nitrogen and oxygen atoms in total. The van der Waals surface area contributed by atoms with E-state index >= 15 is 0 Å². The van der Waals surface area contributed by atoms with Gasteiger partial charge in [-0.3, -0.25) is 4.90 Å². The van der Waals surface area contributed by atoms with Crippen LogP contribution in [0.3, 0.4) is 0 Å². The highest BCUT2D eigenvalue weighted by Crippen LogP contribution is 2.31. The monoisotopic (exact) mass is 311 g/mol. The molecule has 5 heteroatoms. The highest BCUT2D eigenvalue weighted by atomic mass is 16.3. The van der Waals surface area contributed by atoms with Crippen molar-refractivity contribution < 1.29 is 9.40 Å². The van der Waals surface area contributed by atoms with E-state index in [-0.39, 0.29) is 0 Å². The maximum Gasteiger partial charge on any atom is 0.249 e. The van der Waals surface area contributed by atoms with Gasteiger partial charge in [0.2, 0.25) is 11.6 Å². The summed E-state index contributed by atoms with van der Waals surface area (Å²) in [5.41, 5.74) is 4.28. The molecule has 1 aliphatic heterocycles. The van der Waals surface area contributed by atoms with Gasteiger partial charge in [0.05, 0.1) is 18.8 Å². The van der Waals surface area contributed by atoms with Crippen LogP contribution in [0.2, 0.25) is 0 Å². The maximum atomic E-state index is 5.68. The molecule has 4 rings (SSSR count). The van der Waals surface area contributed by atoms with Gasteiger partial charge in [0.1, 0.15) is 11.5 Å². The normalized spacial score (nSPS) is 15.5. The van der Waals surface area contributed by atoms with Crippen molar-refractivity contribution in [1.82, 2.24) is 9.97 Å². The van der Waals surface area contributed by atoms with Gasteiger partial charge in [-0.05, 0) is 39.2 Å². The quantitative estimate of drug-likeness (QED) is 0.787. The third-order valence-electron chi connectivity index (χ3n) is 4.62. The molecule has 3 aromatic heterocycles. The predicted molar refractivity (Wildman–Crippen MR) is 90.6 cm³/mol. The zero-order valence-corrected chi connectivity index (χ0v) is 14.0. The van der Waals surface area contributed by atoms with Gasteiger partial charge in [-0.2, -0.15) is 0 Å². The first kappa shape index (κ1) is 14.3. The van der Waals surface area contributed by atoms with Crippen LogP contribution in [0.1, 0.15) is 36.6 Å². The summed E-state index contributed by atoms with van der Waals surface area (Å²) in [6.07, 6.45) is 3.84. The number of aryl methyl sites for hydroxylation is 3. The van der Waals surface area contributed by atoms with E-state index in [0.717, 1.165) is 58.5 Å². The first-order valence-electron chi connectivity index (χ1n) is 8.37. The Morgan fingerprint density at radius 1 is 1.13 bits per heavy atom. The van der Waals surface area contributed by atoms with Gasteiger partial charge in [-0.15, -0.1) is 4.98 Å². The van der Waals surface area contributed by atoms with E-state index in [1.54, 1.807) is 0 Å². The smallest absolute Gasteiger partial charge is 0.249 e. The topological polar surface area (TPSA) is 59.2 Å². The second kappa shape index (κ2) is 5.41. The van der Waals surface area contributed by atoms with E-state index < -0.39 is 0 Å². The molecule has 0 radical (unpaired) electrons. The summed E-state index contributed by atoms with van der Waals surface area (Å²) in [6, 6.07) is 4.21.